The van der Waals surface area contributed by atoms with Gasteiger partial charge in [0.2, 0.25) is 5.91 Å². The zero-order valence-corrected chi connectivity index (χ0v) is 19.5. The number of likely N-dealkylation sites (N-methyl/N-ethyl adjacent to an activating group) is 1. The van der Waals surface area contributed by atoms with Gasteiger partial charge in [0.15, 0.2) is 0 Å². The Morgan fingerprint density at radius 3 is 2.09 bits per heavy atom. The van der Waals surface area contributed by atoms with Crippen LogP contribution in [0, 0.1) is 5.92 Å². The predicted molar refractivity (Wildman–Crippen MR) is 127 cm³/mol. The van der Waals surface area contributed by atoms with Crippen molar-refractivity contribution < 1.29 is 24.2 Å². The van der Waals surface area contributed by atoms with Crippen molar-refractivity contribution in [1.29, 1.82) is 0 Å². The van der Waals surface area contributed by atoms with Crippen LogP contribution in [0.5, 0.6) is 0 Å². The normalized spacial score (nSPS) is 16.7. The molecule has 1 saturated carbocycles. The number of nitrogens with one attached hydrogen (secondary N) is 2. The van der Waals surface area contributed by atoms with E-state index in [9.17, 15) is 19.5 Å². The second-order valence-corrected chi connectivity index (χ2v) is 9.30. The van der Waals surface area contributed by atoms with Crippen molar-refractivity contribution in [2.75, 3.05) is 27.2 Å². The molecule has 0 aromatic heterocycles. The summed E-state index contributed by atoms with van der Waals surface area (Å²) in [4.78, 5) is 39.0. The highest BCUT2D eigenvalue weighted by Crippen LogP contribution is 2.44. The molecular formula is C26H31N3O5. The molecule has 2 aromatic carbocycles. The highest BCUT2D eigenvalue weighted by Gasteiger charge is 2.36. The van der Waals surface area contributed by atoms with Crippen molar-refractivity contribution in [3.63, 3.8) is 0 Å². The van der Waals surface area contributed by atoms with Gasteiger partial charge in [-0.15, -0.1) is 0 Å². The first kappa shape index (κ1) is 23.8. The third-order valence-corrected chi connectivity index (χ3v) is 6.69. The van der Waals surface area contributed by atoms with Crippen LogP contribution in [0.3, 0.4) is 0 Å². The first-order valence-electron chi connectivity index (χ1n) is 11.6. The molecule has 0 aliphatic heterocycles. The molecule has 2 amide bonds. The first-order valence-corrected chi connectivity index (χ1v) is 11.6. The SMILES string of the molecule is CN(C)C[C@H](NC(=O)OCC1c2ccccc2-c2ccccc21)C(=O)NC(C(=O)O)C1CCC1. The van der Waals surface area contributed by atoms with Crippen molar-refractivity contribution in [2.24, 2.45) is 5.92 Å². The molecule has 0 bridgehead atoms. The van der Waals surface area contributed by atoms with Gasteiger partial charge >= 0.3 is 12.1 Å². The molecule has 180 valence electrons. The van der Waals surface area contributed by atoms with Crippen molar-refractivity contribution in [2.45, 2.75) is 37.3 Å². The van der Waals surface area contributed by atoms with Gasteiger partial charge in [0.05, 0.1) is 0 Å². The molecule has 1 unspecified atom stereocenters. The lowest BCUT2D eigenvalue weighted by molar-refractivity contribution is -0.144. The van der Waals surface area contributed by atoms with E-state index in [1.54, 1.807) is 19.0 Å². The summed E-state index contributed by atoms with van der Waals surface area (Å²) in [7, 11) is 3.56. The van der Waals surface area contributed by atoms with Crippen LogP contribution in [0.4, 0.5) is 4.79 Å². The van der Waals surface area contributed by atoms with Crippen molar-refractivity contribution in [3.05, 3.63) is 59.7 Å². The second kappa shape index (κ2) is 10.3. The summed E-state index contributed by atoms with van der Waals surface area (Å²) in [6.07, 6.45) is 1.80. The maximum atomic E-state index is 12.9. The predicted octanol–water partition coefficient (Wildman–Crippen LogP) is 2.82. The maximum absolute atomic E-state index is 12.9. The number of carbonyl (C=O) groups excluding carboxylic acids is 2. The average molecular weight is 466 g/mol. The third-order valence-electron chi connectivity index (χ3n) is 6.69. The van der Waals surface area contributed by atoms with Crippen LogP contribution < -0.4 is 10.6 Å². The number of carboxylic acid groups (broad SMARTS) is 1. The van der Waals surface area contributed by atoms with E-state index < -0.39 is 30.1 Å². The van der Waals surface area contributed by atoms with Crippen LogP contribution in [0.2, 0.25) is 0 Å². The Labute approximate surface area is 199 Å². The topological polar surface area (TPSA) is 108 Å². The average Bonchev–Trinajstić information content (AvgIpc) is 3.09. The molecule has 1 fully saturated rings. The molecule has 34 heavy (non-hydrogen) atoms. The molecule has 8 nitrogen and oxygen atoms in total. The zero-order valence-electron chi connectivity index (χ0n) is 19.5. The minimum Gasteiger partial charge on any atom is -0.480 e. The van der Waals surface area contributed by atoms with Crippen molar-refractivity contribution >= 4 is 18.0 Å². The Morgan fingerprint density at radius 1 is 1.00 bits per heavy atom. The van der Waals surface area contributed by atoms with Gasteiger partial charge in [-0.1, -0.05) is 55.0 Å². The van der Waals surface area contributed by atoms with E-state index in [0.717, 1.165) is 41.5 Å². The Bertz CT molecular complexity index is 1020. The van der Waals surface area contributed by atoms with E-state index in [1.165, 1.54) is 0 Å². The lowest BCUT2D eigenvalue weighted by Gasteiger charge is -2.32. The number of nitrogens with zero attached hydrogens (tertiary/aromatic N) is 1. The van der Waals surface area contributed by atoms with E-state index in [1.807, 2.05) is 36.4 Å². The number of hydrogen-bond donors (Lipinski definition) is 3. The van der Waals surface area contributed by atoms with Crippen LogP contribution in [0.1, 0.15) is 36.3 Å². The van der Waals surface area contributed by atoms with Gasteiger partial charge in [-0.2, -0.15) is 0 Å². The fourth-order valence-electron chi connectivity index (χ4n) is 4.75. The Kier molecular flexibility index (Phi) is 7.17. The Hall–Kier alpha value is -3.39. The van der Waals surface area contributed by atoms with E-state index in [0.29, 0.717) is 0 Å². The van der Waals surface area contributed by atoms with Gasteiger partial charge in [-0.25, -0.2) is 9.59 Å². The molecule has 0 saturated heterocycles. The van der Waals surface area contributed by atoms with Crippen LogP contribution in [0.25, 0.3) is 11.1 Å². The van der Waals surface area contributed by atoms with Gasteiger partial charge in [0.25, 0.3) is 0 Å². The van der Waals surface area contributed by atoms with E-state index in [4.69, 9.17) is 4.74 Å². The number of hydrogen-bond acceptors (Lipinski definition) is 5. The third kappa shape index (κ3) is 5.07. The maximum Gasteiger partial charge on any atom is 0.407 e. The lowest BCUT2D eigenvalue weighted by Crippen LogP contribution is -2.57. The number of ether oxygens (including phenoxy) is 1. The minimum absolute atomic E-state index is 0.0732. The van der Waals surface area contributed by atoms with Gasteiger partial charge in [0, 0.05) is 12.5 Å². The fraction of sp³-hybridized carbons (Fsp3) is 0.423. The Balaban J connectivity index is 1.40. The summed E-state index contributed by atoms with van der Waals surface area (Å²) >= 11 is 0. The van der Waals surface area contributed by atoms with Crippen molar-refractivity contribution in [1.82, 2.24) is 15.5 Å². The second-order valence-electron chi connectivity index (χ2n) is 9.30. The highest BCUT2D eigenvalue weighted by atomic mass is 16.5. The smallest absolute Gasteiger partial charge is 0.407 e. The molecule has 2 aromatic rings. The van der Waals surface area contributed by atoms with Crippen molar-refractivity contribution in [3.8, 4) is 11.1 Å². The molecule has 2 aliphatic rings. The van der Waals surface area contributed by atoms with E-state index in [2.05, 4.69) is 22.8 Å². The molecule has 8 heteroatoms. The Morgan fingerprint density at radius 2 is 1.59 bits per heavy atom. The van der Waals surface area contributed by atoms with Crippen LogP contribution in [-0.4, -0.2) is 67.3 Å². The lowest BCUT2D eigenvalue weighted by atomic mass is 9.79. The summed E-state index contributed by atoms with van der Waals surface area (Å²) in [6, 6.07) is 14.2. The first-order chi connectivity index (χ1) is 16.3. The number of aliphatic carboxylic acids is 1. The monoisotopic (exact) mass is 465 g/mol. The van der Waals surface area contributed by atoms with Gasteiger partial charge in [-0.05, 0) is 55.1 Å². The van der Waals surface area contributed by atoms with Gasteiger partial charge in [-0.3, -0.25) is 4.79 Å². The molecule has 4 rings (SSSR count). The molecule has 0 heterocycles. The standard InChI is InChI=1S/C26H31N3O5/c1-29(2)14-22(24(30)28-23(25(31)32)16-8-7-9-16)27-26(33)34-15-21-19-12-5-3-10-17(19)18-11-4-6-13-20(18)21/h3-6,10-13,16,21-23H,7-9,14-15H2,1-2H3,(H,27,33)(H,28,30)(H,31,32)/t22-,23?/m0/s1. The summed E-state index contributed by atoms with van der Waals surface area (Å²) in [5, 5.41) is 14.8. The number of fused-ring (bicyclic) bond motifs is 3. The minimum atomic E-state index is -1.05. The van der Waals surface area contributed by atoms with Crippen LogP contribution in [0.15, 0.2) is 48.5 Å². The van der Waals surface area contributed by atoms with Gasteiger partial charge in [0.1, 0.15) is 18.7 Å². The number of benzene rings is 2. The molecule has 3 N–H and O–H groups in total. The fourth-order valence-corrected chi connectivity index (χ4v) is 4.75. The molecule has 2 atom stereocenters. The largest absolute Gasteiger partial charge is 0.480 e. The van der Waals surface area contributed by atoms with E-state index in [-0.39, 0.29) is 25.0 Å². The molecule has 2 aliphatic carbocycles. The summed E-state index contributed by atoms with van der Waals surface area (Å²) in [6.45, 7) is 0.350. The zero-order chi connectivity index (χ0) is 24.2. The summed E-state index contributed by atoms with van der Waals surface area (Å²) in [5.41, 5.74) is 4.47. The van der Waals surface area contributed by atoms with Crippen LogP contribution >= 0.6 is 0 Å². The number of carbonyl (C=O) groups is 3. The van der Waals surface area contributed by atoms with Crippen LogP contribution in [-0.2, 0) is 14.3 Å². The highest BCUT2D eigenvalue weighted by molar-refractivity contribution is 5.89. The quantitative estimate of drug-likeness (QED) is 0.526. The number of carboxylic acids is 1. The number of alkyl carbamates (subject to hydrolysis) is 1. The molecule has 0 radical (unpaired) electrons. The van der Waals surface area contributed by atoms with Gasteiger partial charge < -0.3 is 25.4 Å². The summed E-state index contributed by atoms with van der Waals surface area (Å²) in [5.74, 6) is -1.74. The number of rotatable bonds is 9. The van der Waals surface area contributed by atoms with E-state index >= 15 is 0 Å². The number of amides is 2. The summed E-state index contributed by atoms with van der Waals surface area (Å²) < 4.78 is 5.57. The molecule has 0 spiro atoms. The molecular weight excluding hydrogens is 434 g/mol.